The summed E-state index contributed by atoms with van der Waals surface area (Å²) in [6.07, 6.45) is -0.720. The summed E-state index contributed by atoms with van der Waals surface area (Å²) in [6, 6.07) is -0.935. The van der Waals surface area contributed by atoms with E-state index >= 15 is 0 Å². The lowest BCUT2D eigenvalue weighted by molar-refractivity contribution is -0.139. The maximum atomic E-state index is 11.0. The molecule has 0 aliphatic carbocycles. The topological polar surface area (TPSA) is 107 Å². The van der Waals surface area contributed by atoms with E-state index < -0.39 is 23.7 Å². The van der Waals surface area contributed by atoms with Crippen LogP contribution in [-0.2, 0) is 9.53 Å². The van der Waals surface area contributed by atoms with Gasteiger partial charge in [-0.05, 0) is 27.7 Å². The molecule has 0 saturated carbocycles. The summed E-state index contributed by atoms with van der Waals surface area (Å²) in [5.41, 5.74) is -0.609. The van der Waals surface area contributed by atoms with Crippen LogP contribution < -0.4 is 5.32 Å². The van der Waals surface area contributed by atoms with Crippen molar-refractivity contribution < 1.29 is 24.9 Å². The van der Waals surface area contributed by atoms with E-state index in [4.69, 9.17) is 9.84 Å². The summed E-state index contributed by atoms with van der Waals surface area (Å²) >= 11 is 0. The Morgan fingerprint density at radius 1 is 1.36 bits per heavy atom. The summed E-state index contributed by atoms with van der Waals surface area (Å²) in [5, 5.41) is 10.6. The van der Waals surface area contributed by atoms with E-state index in [0.29, 0.717) is 0 Å². The average Bonchev–Trinajstić information content (AvgIpc) is 1.81. The van der Waals surface area contributed by atoms with E-state index in [0.717, 1.165) is 0 Å². The number of hydrogen-bond acceptors (Lipinski definition) is 3. The molecule has 84 valence electrons. The van der Waals surface area contributed by atoms with Crippen molar-refractivity contribution in [1.82, 2.24) is 5.32 Å². The van der Waals surface area contributed by atoms with Crippen molar-refractivity contribution in [3.8, 4) is 0 Å². The molecular formula is C8H17NO5. The van der Waals surface area contributed by atoms with Gasteiger partial charge in [-0.1, -0.05) is 0 Å². The zero-order valence-electron chi connectivity index (χ0n) is 8.75. The van der Waals surface area contributed by atoms with E-state index in [2.05, 4.69) is 5.32 Å². The second-order valence-corrected chi connectivity index (χ2v) is 3.71. The van der Waals surface area contributed by atoms with Crippen molar-refractivity contribution in [2.24, 2.45) is 0 Å². The number of nitrogens with one attached hydrogen (secondary N) is 1. The number of rotatable bonds is 2. The van der Waals surface area contributed by atoms with Gasteiger partial charge in [0.05, 0.1) is 0 Å². The molecule has 0 bridgehead atoms. The lowest BCUT2D eigenvalue weighted by Gasteiger charge is -2.20. The Morgan fingerprint density at radius 2 is 1.79 bits per heavy atom. The Bertz CT molecular complexity index is 208. The lowest BCUT2D eigenvalue weighted by Crippen LogP contribution is -2.41. The summed E-state index contributed by atoms with van der Waals surface area (Å²) in [7, 11) is 0. The molecule has 0 aromatic carbocycles. The van der Waals surface area contributed by atoms with Gasteiger partial charge in [-0.15, -0.1) is 0 Å². The average molecular weight is 207 g/mol. The first kappa shape index (κ1) is 15.2. The fourth-order valence-electron chi connectivity index (χ4n) is 0.546. The molecule has 0 radical (unpaired) electrons. The van der Waals surface area contributed by atoms with Gasteiger partial charge >= 0.3 is 12.1 Å². The van der Waals surface area contributed by atoms with Gasteiger partial charge in [-0.2, -0.15) is 0 Å². The largest absolute Gasteiger partial charge is 0.480 e. The van der Waals surface area contributed by atoms with Gasteiger partial charge in [0, 0.05) is 0 Å². The molecule has 0 heterocycles. The van der Waals surface area contributed by atoms with E-state index in [-0.39, 0.29) is 5.48 Å². The standard InChI is InChI=1S/C8H15NO4.H2O/c1-5(6(10)11)9-7(12)13-8(2,3)4;/h5H,1-4H3,(H,9,12)(H,10,11);1H2/t5-;/m0./s1. The Kier molecular flexibility index (Phi) is 5.89. The number of ether oxygens (including phenoxy) is 1. The van der Waals surface area contributed by atoms with Crippen molar-refractivity contribution >= 4 is 12.1 Å². The molecule has 0 aliphatic heterocycles. The molecule has 4 N–H and O–H groups in total. The van der Waals surface area contributed by atoms with Gasteiger partial charge in [-0.3, -0.25) is 4.79 Å². The highest BCUT2D eigenvalue weighted by molar-refractivity contribution is 5.79. The fraction of sp³-hybridized carbons (Fsp3) is 0.750. The molecule has 6 heteroatoms. The van der Waals surface area contributed by atoms with E-state index in [1.165, 1.54) is 6.92 Å². The van der Waals surface area contributed by atoms with Crippen LogP contribution in [0.3, 0.4) is 0 Å². The van der Waals surface area contributed by atoms with Crippen LogP contribution in [0, 0.1) is 0 Å². The maximum Gasteiger partial charge on any atom is 0.408 e. The van der Waals surface area contributed by atoms with Gasteiger partial charge in [0.2, 0.25) is 0 Å². The quantitative estimate of drug-likeness (QED) is 0.672. The molecule has 0 rings (SSSR count). The zero-order chi connectivity index (χ0) is 10.6. The van der Waals surface area contributed by atoms with Gasteiger partial charge in [0.25, 0.3) is 0 Å². The highest BCUT2D eigenvalue weighted by Gasteiger charge is 2.20. The first-order valence-electron chi connectivity index (χ1n) is 3.94. The number of carbonyl (C=O) groups is 2. The lowest BCUT2D eigenvalue weighted by atomic mass is 10.2. The van der Waals surface area contributed by atoms with Gasteiger partial charge in [0.1, 0.15) is 11.6 Å². The minimum Gasteiger partial charge on any atom is -0.480 e. The Balaban J connectivity index is 0. The third-order valence-corrected chi connectivity index (χ3v) is 1.10. The molecule has 1 amide bonds. The minimum atomic E-state index is -1.09. The first-order chi connectivity index (χ1) is 5.72. The molecule has 0 fully saturated rings. The predicted molar refractivity (Wildman–Crippen MR) is 50.1 cm³/mol. The Morgan fingerprint density at radius 3 is 2.07 bits per heavy atom. The van der Waals surface area contributed by atoms with E-state index in [1.807, 2.05) is 0 Å². The zero-order valence-corrected chi connectivity index (χ0v) is 8.75. The van der Waals surface area contributed by atoms with Crippen molar-refractivity contribution in [3.05, 3.63) is 0 Å². The van der Waals surface area contributed by atoms with Crippen LogP contribution in [0.4, 0.5) is 4.79 Å². The number of hydrogen-bond donors (Lipinski definition) is 2. The first-order valence-corrected chi connectivity index (χ1v) is 3.94. The van der Waals surface area contributed by atoms with Crippen molar-refractivity contribution in [1.29, 1.82) is 0 Å². The summed E-state index contributed by atoms with van der Waals surface area (Å²) in [6.45, 7) is 6.49. The number of aliphatic carboxylic acids is 1. The molecule has 0 saturated heterocycles. The second kappa shape index (κ2) is 5.43. The number of carbonyl (C=O) groups excluding carboxylic acids is 1. The number of amides is 1. The SMILES string of the molecule is C[C@H](NC(=O)OC(C)(C)C)C(=O)O.O. The third-order valence-electron chi connectivity index (χ3n) is 1.10. The molecule has 1 atom stereocenters. The highest BCUT2D eigenvalue weighted by atomic mass is 16.6. The third kappa shape index (κ3) is 7.35. The molecule has 0 aliphatic rings. The van der Waals surface area contributed by atoms with E-state index in [9.17, 15) is 9.59 Å². The highest BCUT2D eigenvalue weighted by Crippen LogP contribution is 2.06. The molecule has 0 aromatic heterocycles. The molecule has 14 heavy (non-hydrogen) atoms. The number of alkyl carbamates (subject to hydrolysis) is 1. The maximum absolute atomic E-state index is 11.0. The molecule has 0 spiro atoms. The van der Waals surface area contributed by atoms with Crippen LogP contribution in [0.1, 0.15) is 27.7 Å². The Hall–Kier alpha value is -1.30. The van der Waals surface area contributed by atoms with Crippen molar-refractivity contribution in [2.75, 3.05) is 0 Å². The normalized spacial score (nSPS) is 12.3. The van der Waals surface area contributed by atoms with Gasteiger partial charge < -0.3 is 20.6 Å². The summed E-state index contributed by atoms with van der Waals surface area (Å²) in [5.74, 6) is -1.09. The van der Waals surface area contributed by atoms with Gasteiger partial charge in [-0.25, -0.2) is 4.79 Å². The van der Waals surface area contributed by atoms with Crippen molar-refractivity contribution in [2.45, 2.75) is 39.3 Å². The molecule has 0 aromatic rings. The molecular weight excluding hydrogens is 190 g/mol. The summed E-state index contributed by atoms with van der Waals surface area (Å²) in [4.78, 5) is 21.3. The van der Waals surface area contributed by atoms with Crippen LogP contribution in [0.2, 0.25) is 0 Å². The smallest absolute Gasteiger partial charge is 0.408 e. The molecule has 6 nitrogen and oxygen atoms in total. The number of carboxylic acids is 1. The summed E-state index contributed by atoms with van der Waals surface area (Å²) < 4.78 is 4.85. The fourth-order valence-corrected chi connectivity index (χ4v) is 0.546. The number of carboxylic acid groups (broad SMARTS) is 1. The van der Waals surface area contributed by atoms with Gasteiger partial charge in [0.15, 0.2) is 0 Å². The Labute approximate surface area is 82.6 Å². The van der Waals surface area contributed by atoms with Crippen LogP contribution in [-0.4, -0.2) is 34.3 Å². The van der Waals surface area contributed by atoms with Crippen LogP contribution in [0.15, 0.2) is 0 Å². The minimum absolute atomic E-state index is 0. The van der Waals surface area contributed by atoms with Crippen LogP contribution in [0.25, 0.3) is 0 Å². The van der Waals surface area contributed by atoms with E-state index in [1.54, 1.807) is 20.8 Å². The second-order valence-electron chi connectivity index (χ2n) is 3.71. The van der Waals surface area contributed by atoms with Crippen molar-refractivity contribution in [3.63, 3.8) is 0 Å². The van der Waals surface area contributed by atoms with Crippen LogP contribution >= 0.6 is 0 Å². The molecule has 0 unspecified atom stereocenters. The predicted octanol–water partition coefficient (Wildman–Crippen LogP) is 0.160. The van der Waals surface area contributed by atoms with Crippen LogP contribution in [0.5, 0.6) is 0 Å². The monoisotopic (exact) mass is 207 g/mol.